The van der Waals surface area contributed by atoms with Crippen LogP contribution in [0.25, 0.3) is 0 Å². The summed E-state index contributed by atoms with van der Waals surface area (Å²) in [5, 5.41) is 0. The van der Waals surface area contributed by atoms with E-state index in [2.05, 4.69) is 0 Å². The first kappa shape index (κ1) is 9.64. The molecule has 3 saturated carbocycles. The second-order valence-corrected chi connectivity index (χ2v) is 5.44. The van der Waals surface area contributed by atoms with Crippen molar-refractivity contribution in [2.45, 2.75) is 50.2 Å². The number of carbonyl (C=O) groups is 1. The molecule has 84 valence electrons. The number of epoxide rings is 1. The van der Waals surface area contributed by atoms with Gasteiger partial charge in [-0.3, -0.25) is 0 Å². The summed E-state index contributed by atoms with van der Waals surface area (Å²) in [5.41, 5.74) is -0.785. The third-order valence-electron chi connectivity index (χ3n) is 4.83. The molecule has 0 aromatic carbocycles. The molecule has 1 spiro atoms. The molecule has 0 aromatic heterocycles. The summed E-state index contributed by atoms with van der Waals surface area (Å²) < 4.78 is 10.7. The Balaban J connectivity index is 1.86. The first-order valence-electron chi connectivity index (χ1n) is 5.91. The van der Waals surface area contributed by atoms with Gasteiger partial charge in [-0.15, -0.1) is 0 Å². The predicted molar refractivity (Wildman–Crippen MR) is 54.3 cm³/mol. The van der Waals surface area contributed by atoms with Crippen LogP contribution in [0.2, 0.25) is 0 Å². The lowest BCUT2D eigenvalue weighted by molar-refractivity contribution is -0.146. The van der Waals surface area contributed by atoms with E-state index in [1.54, 1.807) is 0 Å². The Morgan fingerprint density at radius 2 is 2.00 bits per heavy atom. The third kappa shape index (κ3) is 1.02. The summed E-state index contributed by atoms with van der Waals surface area (Å²) in [6.07, 6.45) is 6.19. The van der Waals surface area contributed by atoms with Crippen molar-refractivity contribution in [2.24, 2.45) is 11.8 Å². The molecule has 0 radical (unpaired) electrons. The van der Waals surface area contributed by atoms with Gasteiger partial charge < -0.3 is 9.47 Å². The second kappa shape index (κ2) is 2.76. The first-order valence-corrected chi connectivity index (χ1v) is 5.91. The lowest BCUT2D eigenvalue weighted by atomic mass is 9.61. The van der Waals surface area contributed by atoms with Crippen molar-refractivity contribution in [1.29, 1.82) is 0 Å². The van der Waals surface area contributed by atoms with Crippen LogP contribution in [0.1, 0.15) is 39.0 Å². The van der Waals surface area contributed by atoms with Crippen molar-refractivity contribution in [1.82, 2.24) is 0 Å². The molecule has 4 rings (SSSR count). The molecular formula is C12H18O3. The highest BCUT2D eigenvalue weighted by molar-refractivity contribution is 5.84. The fourth-order valence-electron chi connectivity index (χ4n) is 3.89. The first-order chi connectivity index (χ1) is 7.12. The number of methoxy groups -OCH3 is 1. The van der Waals surface area contributed by atoms with Crippen LogP contribution in [0, 0.1) is 11.8 Å². The molecular weight excluding hydrogens is 192 g/mol. The van der Waals surface area contributed by atoms with Crippen molar-refractivity contribution in [3.8, 4) is 0 Å². The van der Waals surface area contributed by atoms with Crippen molar-refractivity contribution >= 4 is 5.97 Å². The lowest BCUT2D eigenvalue weighted by Gasteiger charge is -2.41. The predicted octanol–water partition coefficient (Wildman–Crippen LogP) is 1.90. The molecule has 1 aliphatic heterocycles. The molecule has 2 bridgehead atoms. The van der Waals surface area contributed by atoms with Gasteiger partial charge in [-0.2, -0.15) is 0 Å². The molecule has 15 heavy (non-hydrogen) atoms. The standard InChI is InChI=1S/C12H18O3/c1-11(10(13)14-2)12(15-11)7-8-3-5-9(12)6-4-8/h8-9H,3-7H2,1-2H3. The van der Waals surface area contributed by atoms with Crippen molar-refractivity contribution in [3.63, 3.8) is 0 Å². The smallest absolute Gasteiger partial charge is 0.340 e. The molecule has 3 heteroatoms. The molecule has 0 amide bonds. The van der Waals surface area contributed by atoms with E-state index in [-0.39, 0.29) is 11.6 Å². The summed E-state index contributed by atoms with van der Waals surface area (Å²) in [6.45, 7) is 1.90. The molecule has 0 aromatic rings. The van der Waals surface area contributed by atoms with Crippen molar-refractivity contribution in [2.75, 3.05) is 7.11 Å². The van der Waals surface area contributed by atoms with Crippen LogP contribution >= 0.6 is 0 Å². The normalized spacial score (nSPS) is 51.9. The number of hydrogen-bond acceptors (Lipinski definition) is 3. The molecule has 3 nitrogen and oxygen atoms in total. The quantitative estimate of drug-likeness (QED) is 0.490. The largest absolute Gasteiger partial charge is 0.467 e. The fourth-order valence-corrected chi connectivity index (χ4v) is 3.89. The minimum atomic E-state index is -0.633. The van der Waals surface area contributed by atoms with Crippen LogP contribution in [0.3, 0.4) is 0 Å². The molecule has 1 heterocycles. The Bertz CT molecular complexity index is 306. The zero-order valence-electron chi connectivity index (χ0n) is 9.41. The van der Waals surface area contributed by atoms with Crippen molar-refractivity contribution < 1.29 is 14.3 Å². The number of carbonyl (C=O) groups excluding carboxylic acids is 1. The van der Waals surface area contributed by atoms with E-state index < -0.39 is 5.60 Å². The number of esters is 1. The van der Waals surface area contributed by atoms with Gasteiger partial charge in [0.2, 0.25) is 0 Å². The van der Waals surface area contributed by atoms with Gasteiger partial charge in [0, 0.05) is 0 Å². The highest BCUT2D eigenvalue weighted by atomic mass is 16.7. The van der Waals surface area contributed by atoms with Gasteiger partial charge >= 0.3 is 5.97 Å². The van der Waals surface area contributed by atoms with E-state index in [1.165, 1.54) is 32.8 Å². The van der Waals surface area contributed by atoms with Crippen LogP contribution in [-0.2, 0) is 14.3 Å². The topological polar surface area (TPSA) is 38.8 Å². The minimum absolute atomic E-state index is 0.152. The molecule has 2 atom stereocenters. The number of hydrogen-bond donors (Lipinski definition) is 0. The van der Waals surface area contributed by atoms with Crippen LogP contribution in [0.15, 0.2) is 0 Å². The molecule has 4 fully saturated rings. The fraction of sp³-hybridized carbons (Fsp3) is 0.917. The summed E-state index contributed by atoms with van der Waals surface area (Å²) in [5.74, 6) is 1.18. The summed E-state index contributed by atoms with van der Waals surface area (Å²) in [4.78, 5) is 11.7. The molecule has 1 saturated heterocycles. The van der Waals surface area contributed by atoms with Gasteiger partial charge in [0.1, 0.15) is 5.60 Å². The Labute approximate surface area is 90.1 Å². The summed E-state index contributed by atoms with van der Waals surface area (Å²) in [6, 6.07) is 0. The van der Waals surface area contributed by atoms with E-state index in [0.717, 1.165) is 12.3 Å². The van der Waals surface area contributed by atoms with Crippen LogP contribution in [0.4, 0.5) is 0 Å². The van der Waals surface area contributed by atoms with Crippen LogP contribution in [0.5, 0.6) is 0 Å². The Kier molecular flexibility index (Phi) is 1.77. The Hall–Kier alpha value is -0.570. The number of ether oxygens (including phenoxy) is 2. The van der Waals surface area contributed by atoms with Crippen LogP contribution in [-0.4, -0.2) is 24.3 Å². The number of rotatable bonds is 1. The van der Waals surface area contributed by atoms with E-state index in [9.17, 15) is 4.79 Å². The maximum Gasteiger partial charge on any atom is 0.340 e. The molecule has 3 aliphatic carbocycles. The molecule has 2 unspecified atom stereocenters. The third-order valence-corrected chi connectivity index (χ3v) is 4.83. The maximum absolute atomic E-state index is 11.7. The molecule has 0 N–H and O–H groups in total. The van der Waals surface area contributed by atoms with E-state index in [0.29, 0.717) is 5.92 Å². The second-order valence-electron chi connectivity index (χ2n) is 5.44. The summed E-state index contributed by atoms with van der Waals surface area (Å²) >= 11 is 0. The average molecular weight is 210 g/mol. The highest BCUT2D eigenvalue weighted by Crippen LogP contribution is 2.64. The zero-order valence-corrected chi connectivity index (χ0v) is 9.41. The van der Waals surface area contributed by atoms with Gasteiger partial charge in [-0.05, 0) is 50.9 Å². The maximum atomic E-state index is 11.7. The zero-order chi connectivity index (χ0) is 10.7. The van der Waals surface area contributed by atoms with E-state index in [1.807, 2.05) is 6.92 Å². The lowest BCUT2D eigenvalue weighted by Crippen LogP contribution is -2.45. The van der Waals surface area contributed by atoms with Gasteiger partial charge in [0.15, 0.2) is 5.60 Å². The highest BCUT2D eigenvalue weighted by Gasteiger charge is 2.76. The van der Waals surface area contributed by atoms with E-state index in [4.69, 9.17) is 9.47 Å². The average Bonchev–Trinajstić information content (AvgIpc) is 2.85. The molecule has 4 aliphatic rings. The van der Waals surface area contributed by atoms with Gasteiger partial charge in [0.25, 0.3) is 0 Å². The minimum Gasteiger partial charge on any atom is -0.467 e. The Morgan fingerprint density at radius 1 is 1.33 bits per heavy atom. The van der Waals surface area contributed by atoms with Gasteiger partial charge in [0.05, 0.1) is 7.11 Å². The SMILES string of the molecule is COC(=O)C1(C)OC12CC1CCC2CC1. The van der Waals surface area contributed by atoms with Gasteiger partial charge in [-0.25, -0.2) is 4.79 Å². The Morgan fingerprint density at radius 3 is 2.47 bits per heavy atom. The van der Waals surface area contributed by atoms with E-state index >= 15 is 0 Å². The number of fused-ring (bicyclic) bond motifs is 2. The summed E-state index contributed by atoms with van der Waals surface area (Å²) in [7, 11) is 1.45. The van der Waals surface area contributed by atoms with Gasteiger partial charge in [-0.1, -0.05) is 0 Å². The van der Waals surface area contributed by atoms with Crippen molar-refractivity contribution in [3.05, 3.63) is 0 Å². The monoisotopic (exact) mass is 210 g/mol. The van der Waals surface area contributed by atoms with Crippen LogP contribution < -0.4 is 0 Å².